The quantitative estimate of drug-likeness (QED) is 0.375. The zero-order valence-electron chi connectivity index (χ0n) is 7.62. The summed E-state index contributed by atoms with van der Waals surface area (Å²) in [4.78, 5) is 0. The van der Waals surface area contributed by atoms with Crippen LogP contribution >= 0.6 is 0 Å². The van der Waals surface area contributed by atoms with Gasteiger partial charge in [0.1, 0.15) is 0 Å². The Kier molecular flexibility index (Phi) is 30.2. The number of rotatable bonds is 3. The number of hydrogen-bond acceptors (Lipinski definition) is 0. The first-order chi connectivity index (χ1) is 4.43. The van der Waals surface area contributed by atoms with Gasteiger partial charge in [-0.2, -0.15) is 6.08 Å². The minimum atomic E-state index is 0. The van der Waals surface area contributed by atoms with Gasteiger partial charge in [0, 0.05) is 0 Å². The van der Waals surface area contributed by atoms with Crippen LogP contribution < -0.4 is 50.9 Å². The van der Waals surface area contributed by atoms with Crippen molar-refractivity contribution in [1.29, 1.82) is 0 Å². The maximum Gasteiger partial charge on any atom is 4.00 e. The third-order valence-electron chi connectivity index (χ3n) is 1.57. The fraction of sp³-hybridized carbons (Fsp3) is 0.556. The van der Waals surface area contributed by atoms with E-state index in [0.717, 1.165) is 6.42 Å². The van der Waals surface area contributed by atoms with Gasteiger partial charge in [0.05, 0.1) is 0 Å². The van der Waals surface area contributed by atoms with Gasteiger partial charge in [-0.25, -0.2) is 11.6 Å². The van der Waals surface area contributed by atoms with Crippen LogP contribution in [0.15, 0.2) is 17.7 Å². The second-order valence-corrected chi connectivity index (χ2v) is 2.41. The number of halogens is 3. The standard InChI is InChI=1S/C9H13.3BrH.Zr/c1-2-3-6-9-7-4-5-8-9;;;;/h4,7H,2-3,5-6H2,1H3;3*1H;/q-1;;;;+4/p-3. The van der Waals surface area contributed by atoms with Gasteiger partial charge in [0.15, 0.2) is 0 Å². The van der Waals surface area contributed by atoms with E-state index in [1.165, 1.54) is 24.8 Å². The second kappa shape index (κ2) is 16.2. The van der Waals surface area contributed by atoms with Gasteiger partial charge in [-0.05, 0) is 0 Å². The Balaban J connectivity index is -0.000000101. The van der Waals surface area contributed by atoms with Crippen LogP contribution in [0, 0.1) is 6.08 Å². The maximum atomic E-state index is 3.30. The Labute approximate surface area is 132 Å². The first-order valence-electron chi connectivity index (χ1n) is 3.69. The van der Waals surface area contributed by atoms with Crippen LogP contribution in [-0.2, 0) is 26.2 Å². The molecular weight excluding hydrogens is 439 g/mol. The third-order valence-corrected chi connectivity index (χ3v) is 1.57. The topological polar surface area (TPSA) is 0 Å². The van der Waals surface area contributed by atoms with E-state index in [-0.39, 0.29) is 77.1 Å². The molecule has 0 aromatic rings. The Morgan fingerprint density at radius 2 is 1.92 bits per heavy atom. The number of allylic oxidation sites excluding steroid dienone is 4. The summed E-state index contributed by atoms with van der Waals surface area (Å²) in [6.07, 6.45) is 12.5. The molecule has 1 aliphatic carbocycles. The average molecular weight is 452 g/mol. The molecule has 4 heteroatoms. The summed E-state index contributed by atoms with van der Waals surface area (Å²) in [5.74, 6) is 0. The molecule has 0 spiro atoms. The molecule has 1 rings (SSSR count). The zero-order chi connectivity index (χ0) is 6.53. The van der Waals surface area contributed by atoms with E-state index >= 15 is 0 Å². The van der Waals surface area contributed by atoms with Gasteiger partial charge in [-0.3, -0.25) is 6.08 Å². The summed E-state index contributed by atoms with van der Waals surface area (Å²) in [5, 5.41) is 0. The molecule has 1 aliphatic rings. The SMILES string of the molecule is CCCCC1=[C-]CC=C1.[Br-].[Br-].[Br-].[Zr+4]. The molecule has 0 aromatic carbocycles. The first-order valence-corrected chi connectivity index (χ1v) is 3.69. The summed E-state index contributed by atoms with van der Waals surface area (Å²) in [6.45, 7) is 2.22. The summed E-state index contributed by atoms with van der Waals surface area (Å²) in [7, 11) is 0. The molecule has 0 saturated heterocycles. The molecule has 0 aromatic heterocycles. The third kappa shape index (κ3) is 11.7. The van der Waals surface area contributed by atoms with Crippen molar-refractivity contribution in [2.45, 2.75) is 32.6 Å². The van der Waals surface area contributed by atoms with Gasteiger partial charge in [-0.15, -0.1) is 6.42 Å². The van der Waals surface area contributed by atoms with Gasteiger partial charge >= 0.3 is 26.2 Å². The van der Waals surface area contributed by atoms with Crippen molar-refractivity contribution in [1.82, 2.24) is 0 Å². The molecule has 0 nitrogen and oxygen atoms in total. The molecule has 0 bridgehead atoms. The largest absolute Gasteiger partial charge is 4.00 e. The van der Waals surface area contributed by atoms with E-state index in [0.29, 0.717) is 0 Å². The minimum Gasteiger partial charge on any atom is -1.00 e. The van der Waals surface area contributed by atoms with Crippen molar-refractivity contribution in [3.63, 3.8) is 0 Å². The molecule has 0 heterocycles. The molecule has 0 atom stereocenters. The Bertz CT molecular complexity index is 144. The van der Waals surface area contributed by atoms with Crippen molar-refractivity contribution in [3.8, 4) is 0 Å². The van der Waals surface area contributed by atoms with Crippen LogP contribution in [0.5, 0.6) is 0 Å². The molecule has 0 unspecified atom stereocenters. The molecule has 74 valence electrons. The Morgan fingerprint density at radius 3 is 2.31 bits per heavy atom. The molecule has 0 amide bonds. The van der Waals surface area contributed by atoms with Crippen LogP contribution in [0.1, 0.15) is 32.6 Å². The van der Waals surface area contributed by atoms with Crippen LogP contribution in [0.3, 0.4) is 0 Å². The summed E-state index contributed by atoms with van der Waals surface area (Å²) < 4.78 is 0. The van der Waals surface area contributed by atoms with E-state index in [4.69, 9.17) is 0 Å². The van der Waals surface area contributed by atoms with Crippen LogP contribution in [0.2, 0.25) is 0 Å². The van der Waals surface area contributed by atoms with Gasteiger partial charge in [0.25, 0.3) is 0 Å². The van der Waals surface area contributed by atoms with E-state index < -0.39 is 0 Å². The van der Waals surface area contributed by atoms with Crippen molar-refractivity contribution in [3.05, 3.63) is 23.8 Å². The van der Waals surface area contributed by atoms with Gasteiger partial charge in [-0.1, -0.05) is 26.2 Å². The van der Waals surface area contributed by atoms with Crippen LogP contribution in [0.4, 0.5) is 0 Å². The van der Waals surface area contributed by atoms with Gasteiger partial charge < -0.3 is 50.9 Å². The van der Waals surface area contributed by atoms with Gasteiger partial charge in [0.2, 0.25) is 0 Å². The molecule has 13 heavy (non-hydrogen) atoms. The van der Waals surface area contributed by atoms with Crippen LogP contribution in [-0.4, -0.2) is 0 Å². The predicted octanol–water partition coefficient (Wildman–Crippen LogP) is -6.12. The van der Waals surface area contributed by atoms with Crippen molar-refractivity contribution in [2.24, 2.45) is 0 Å². The first kappa shape index (κ1) is 24.2. The monoisotopic (exact) mass is 448 g/mol. The molecule has 0 aliphatic heterocycles. The molecule has 0 N–H and O–H groups in total. The molecular formula is C9H13Br3Zr. The minimum absolute atomic E-state index is 0. The summed E-state index contributed by atoms with van der Waals surface area (Å²) in [5.41, 5.74) is 1.41. The summed E-state index contributed by atoms with van der Waals surface area (Å²) >= 11 is 0. The molecule has 0 fully saturated rings. The number of unbranched alkanes of at least 4 members (excludes halogenated alkanes) is 1. The number of hydrogen-bond donors (Lipinski definition) is 0. The smallest absolute Gasteiger partial charge is 1.00 e. The van der Waals surface area contributed by atoms with E-state index in [2.05, 4.69) is 25.2 Å². The molecule has 0 radical (unpaired) electrons. The fourth-order valence-corrected chi connectivity index (χ4v) is 0.989. The second-order valence-electron chi connectivity index (χ2n) is 2.41. The maximum absolute atomic E-state index is 3.30. The van der Waals surface area contributed by atoms with Crippen molar-refractivity contribution < 1.29 is 77.1 Å². The Hall–Kier alpha value is 1.80. The van der Waals surface area contributed by atoms with Crippen molar-refractivity contribution >= 4 is 0 Å². The van der Waals surface area contributed by atoms with Crippen LogP contribution in [0.25, 0.3) is 0 Å². The van der Waals surface area contributed by atoms with E-state index in [1.54, 1.807) is 0 Å². The van der Waals surface area contributed by atoms with Crippen molar-refractivity contribution in [2.75, 3.05) is 0 Å². The summed E-state index contributed by atoms with van der Waals surface area (Å²) in [6, 6.07) is 0. The Morgan fingerprint density at radius 1 is 1.31 bits per heavy atom. The van der Waals surface area contributed by atoms with E-state index in [9.17, 15) is 0 Å². The molecule has 0 saturated carbocycles. The average Bonchev–Trinajstić information content (AvgIpc) is 2.34. The predicted molar refractivity (Wildman–Crippen MR) is 40.0 cm³/mol. The van der Waals surface area contributed by atoms with E-state index in [1.807, 2.05) is 0 Å². The zero-order valence-corrected chi connectivity index (χ0v) is 14.8. The fourth-order valence-electron chi connectivity index (χ4n) is 0.989. The normalized spacial score (nSPS) is 11.3.